The third-order valence-corrected chi connectivity index (χ3v) is 7.58. The molecule has 0 spiro atoms. The Morgan fingerprint density at radius 3 is 1.94 bits per heavy atom. The van der Waals surface area contributed by atoms with Crippen molar-refractivity contribution in [2.75, 3.05) is 0 Å². The first kappa shape index (κ1) is 17.0. The minimum absolute atomic E-state index is 0.428. The first-order valence-electron chi connectivity index (χ1n) is 5.55. The maximum Gasteiger partial charge on any atom is 0.387 e. The zero-order valence-electron chi connectivity index (χ0n) is 10.4. The first-order valence-corrected chi connectivity index (χ1v) is 9.44. The van der Waals surface area contributed by atoms with Crippen LogP contribution in [0.2, 0.25) is 18.1 Å². The Labute approximate surface area is 110 Å². The van der Waals surface area contributed by atoms with E-state index in [1.807, 2.05) is 12.2 Å². The van der Waals surface area contributed by atoms with Gasteiger partial charge in [0, 0.05) is 0 Å². The average Bonchev–Trinajstić information content (AvgIpc) is 2.23. The van der Waals surface area contributed by atoms with E-state index in [0.29, 0.717) is 24.6 Å². The number of hydrogen-bond donors (Lipinski definition) is 1. The third-order valence-electron chi connectivity index (χ3n) is 2.27. The van der Waals surface area contributed by atoms with Gasteiger partial charge in [-0.1, -0.05) is 30.4 Å². The molecule has 0 amide bonds. The maximum atomic E-state index is 10.9. The summed E-state index contributed by atoms with van der Waals surface area (Å²) < 4.78 is 35.7. The van der Waals surface area contributed by atoms with E-state index in [0.717, 1.165) is 0 Å². The van der Waals surface area contributed by atoms with Gasteiger partial charge in [-0.15, -0.1) is 19.7 Å². The largest absolute Gasteiger partial charge is 0.387 e. The molecule has 6 heteroatoms. The Hall–Kier alpha value is -0.953. The van der Waals surface area contributed by atoms with Gasteiger partial charge in [0.2, 0.25) is 8.32 Å². The molecule has 102 valence electrons. The smallest absolute Gasteiger partial charge is 0.293 e. The standard InChI is InChI=1S/C12H20O4SSi/c1-4-7-8-9-12-18(10-5-2,11-6-3)16-17(13,14)15/h4-6,8-9H,1-3,7,10-12H2,(H,13,14,15). The zero-order valence-corrected chi connectivity index (χ0v) is 12.2. The van der Waals surface area contributed by atoms with Crippen LogP contribution in [-0.2, 0) is 14.3 Å². The summed E-state index contributed by atoms with van der Waals surface area (Å²) in [5.74, 6) is 0. The second kappa shape index (κ2) is 8.20. The van der Waals surface area contributed by atoms with Gasteiger partial charge in [0.15, 0.2) is 0 Å². The van der Waals surface area contributed by atoms with Gasteiger partial charge in [-0.25, -0.2) is 0 Å². The van der Waals surface area contributed by atoms with Gasteiger partial charge >= 0.3 is 10.4 Å². The van der Waals surface area contributed by atoms with Gasteiger partial charge in [-0.05, 0) is 24.6 Å². The first-order chi connectivity index (χ1) is 8.39. The monoisotopic (exact) mass is 288 g/mol. The predicted octanol–water partition coefficient (Wildman–Crippen LogP) is 3.26. The number of hydrogen-bond acceptors (Lipinski definition) is 3. The molecule has 0 aliphatic carbocycles. The van der Waals surface area contributed by atoms with Gasteiger partial charge in [0.25, 0.3) is 0 Å². The van der Waals surface area contributed by atoms with E-state index in [-0.39, 0.29) is 0 Å². The molecule has 4 nitrogen and oxygen atoms in total. The van der Waals surface area contributed by atoms with E-state index in [9.17, 15) is 8.42 Å². The van der Waals surface area contributed by atoms with Crippen LogP contribution in [0.15, 0.2) is 50.1 Å². The Morgan fingerprint density at radius 1 is 1.00 bits per heavy atom. The van der Waals surface area contributed by atoms with E-state index in [1.165, 1.54) is 0 Å². The van der Waals surface area contributed by atoms with Crippen molar-refractivity contribution in [3.8, 4) is 0 Å². The predicted molar refractivity (Wildman–Crippen MR) is 77.2 cm³/mol. The average molecular weight is 288 g/mol. The van der Waals surface area contributed by atoms with Crippen LogP contribution in [0.5, 0.6) is 0 Å². The van der Waals surface area contributed by atoms with Crippen LogP contribution in [0.4, 0.5) is 0 Å². The van der Waals surface area contributed by atoms with Gasteiger partial charge in [0.05, 0.1) is 0 Å². The van der Waals surface area contributed by atoms with Crippen molar-refractivity contribution in [2.24, 2.45) is 0 Å². The van der Waals surface area contributed by atoms with Crippen molar-refractivity contribution in [3.05, 3.63) is 50.1 Å². The summed E-state index contributed by atoms with van der Waals surface area (Å²) >= 11 is 0. The fourth-order valence-electron chi connectivity index (χ4n) is 1.59. The summed E-state index contributed by atoms with van der Waals surface area (Å²) in [5, 5.41) is 0. The molecule has 0 saturated heterocycles. The number of allylic oxidation sites excluding steroid dienone is 5. The topological polar surface area (TPSA) is 63.6 Å². The normalized spacial score (nSPS) is 12.5. The molecule has 0 radical (unpaired) electrons. The molecule has 0 aromatic heterocycles. The molecule has 0 heterocycles. The van der Waals surface area contributed by atoms with E-state index >= 15 is 0 Å². The van der Waals surface area contributed by atoms with Gasteiger partial charge < -0.3 is 0 Å². The van der Waals surface area contributed by atoms with Crippen LogP contribution >= 0.6 is 0 Å². The van der Waals surface area contributed by atoms with Crippen LogP contribution < -0.4 is 0 Å². The molecule has 0 saturated carbocycles. The summed E-state index contributed by atoms with van der Waals surface area (Å²) in [6.45, 7) is 10.8. The van der Waals surface area contributed by atoms with Crippen LogP contribution in [0.3, 0.4) is 0 Å². The highest BCUT2D eigenvalue weighted by molar-refractivity contribution is 7.82. The minimum atomic E-state index is -4.46. The summed E-state index contributed by atoms with van der Waals surface area (Å²) in [7, 11) is -7.13. The molecule has 0 atom stereocenters. The van der Waals surface area contributed by atoms with Crippen molar-refractivity contribution in [2.45, 2.75) is 24.6 Å². The number of rotatable bonds is 10. The van der Waals surface area contributed by atoms with Crippen LogP contribution in [0.25, 0.3) is 0 Å². The molecule has 0 aliphatic heterocycles. The fourth-order valence-corrected chi connectivity index (χ4v) is 6.34. The molecular formula is C12H20O4SSi. The van der Waals surface area contributed by atoms with Gasteiger partial charge in [-0.3, -0.25) is 8.42 Å². The Kier molecular flexibility index (Phi) is 7.77. The summed E-state index contributed by atoms with van der Waals surface area (Å²) in [6, 6.07) is 1.33. The third kappa shape index (κ3) is 7.39. The Balaban J connectivity index is 5.00. The van der Waals surface area contributed by atoms with Crippen LogP contribution in [0, 0.1) is 0 Å². The lowest BCUT2D eigenvalue weighted by Crippen LogP contribution is -2.38. The summed E-state index contributed by atoms with van der Waals surface area (Å²) in [5.41, 5.74) is 0. The highest BCUT2D eigenvalue weighted by Gasteiger charge is 2.36. The molecule has 0 aromatic carbocycles. The van der Waals surface area contributed by atoms with Crippen molar-refractivity contribution in [1.29, 1.82) is 0 Å². The lowest BCUT2D eigenvalue weighted by atomic mass is 10.4. The second-order valence-corrected chi connectivity index (χ2v) is 8.99. The molecule has 0 unspecified atom stereocenters. The van der Waals surface area contributed by atoms with E-state index in [4.69, 9.17) is 8.42 Å². The maximum absolute atomic E-state index is 10.9. The minimum Gasteiger partial charge on any atom is -0.293 e. The van der Waals surface area contributed by atoms with Crippen molar-refractivity contribution >= 4 is 18.7 Å². The van der Waals surface area contributed by atoms with Crippen molar-refractivity contribution < 1.29 is 16.8 Å². The molecule has 18 heavy (non-hydrogen) atoms. The molecule has 0 aliphatic rings. The molecule has 0 aromatic rings. The van der Waals surface area contributed by atoms with Crippen LogP contribution in [0.1, 0.15) is 6.42 Å². The Bertz CT molecular complexity index is 402. The lowest BCUT2D eigenvalue weighted by Gasteiger charge is -2.25. The van der Waals surface area contributed by atoms with Gasteiger partial charge in [-0.2, -0.15) is 8.42 Å². The molecule has 1 N–H and O–H groups in total. The SMILES string of the molecule is C=CCC=CC[Si](CC=C)(CC=C)OS(=O)(=O)O. The van der Waals surface area contributed by atoms with E-state index in [2.05, 4.69) is 19.7 Å². The molecular weight excluding hydrogens is 268 g/mol. The van der Waals surface area contributed by atoms with Crippen LogP contribution in [-0.4, -0.2) is 21.3 Å². The Morgan fingerprint density at radius 2 is 1.56 bits per heavy atom. The van der Waals surface area contributed by atoms with Crippen molar-refractivity contribution in [1.82, 2.24) is 0 Å². The second-order valence-electron chi connectivity index (χ2n) is 3.88. The zero-order chi connectivity index (χ0) is 14.1. The highest BCUT2D eigenvalue weighted by Crippen LogP contribution is 2.26. The fraction of sp³-hybridized carbons (Fsp3) is 0.333. The van der Waals surface area contributed by atoms with E-state index in [1.54, 1.807) is 18.2 Å². The molecule has 0 fully saturated rings. The highest BCUT2D eigenvalue weighted by atomic mass is 32.3. The molecule has 0 rings (SSSR count). The van der Waals surface area contributed by atoms with E-state index < -0.39 is 18.7 Å². The summed E-state index contributed by atoms with van der Waals surface area (Å²) in [4.78, 5) is 0. The molecule has 0 bridgehead atoms. The lowest BCUT2D eigenvalue weighted by molar-refractivity contribution is 0.381. The van der Waals surface area contributed by atoms with Gasteiger partial charge in [0.1, 0.15) is 0 Å². The van der Waals surface area contributed by atoms with Crippen molar-refractivity contribution in [3.63, 3.8) is 0 Å². The summed E-state index contributed by atoms with van der Waals surface area (Å²) in [6.07, 6.45) is 9.41. The quantitative estimate of drug-likeness (QED) is 0.381.